The number of amides is 2. The molecule has 1 saturated heterocycles. The van der Waals surface area contributed by atoms with E-state index in [1.165, 1.54) is 0 Å². The van der Waals surface area contributed by atoms with Gasteiger partial charge in [0.1, 0.15) is 6.04 Å². The third-order valence-electron chi connectivity index (χ3n) is 3.21. The molecule has 1 fully saturated rings. The van der Waals surface area contributed by atoms with Gasteiger partial charge in [-0.3, -0.25) is 0 Å². The van der Waals surface area contributed by atoms with Crippen LogP contribution in [-0.2, 0) is 4.79 Å². The molecule has 0 spiro atoms. The van der Waals surface area contributed by atoms with Crippen molar-refractivity contribution in [2.75, 3.05) is 45.2 Å². The summed E-state index contributed by atoms with van der Waals surface area (Å²) in [7, 11) is 2.03. The fourth-order valence-electron chi connectivity index (χ4n) is 1.98. The number of likely N-dealkylation sites (N-methyl/N-ethyl adjacent to an activating group) is 1. The van der Waals surface area contributed by atoms with Crippen molar-refractivity contribution in [2.24, 2.45) is 0 Å². The lowest BCUT2D eigenvalue weighted by Gasteiger charge is -2.23. The number of thioether (sulfide) groups is 1. The standard InChI is InChI=1S/C12H23N3O3S/c1-14-5-3-6-15(8-7-14)12(18)13-10(11(16)17)4-9-19-2/h10H,3-9H2,1-2H3,(H,13,18)(H,16,17)/t10-/m0/s1. The molecule has 0 aromatic heterocycles. The van der Waals surface area contributed by atoms with Gasteiger partial charge in [-0.2, -0.15) is 11.8 Å². The van der Waals surface area contributed by atoms with Crippen molar-refractivity contribution in [1.82, 2.24) is 15.1 Å². The molecule has 1 aliphatic rings. The lowest BCUT2D eigenvalue weighted by molar-refractivity contribution is -0.139. The van der Waals surface area contributed by atoms with Crippen LogP contribution in [0, 0.1) is 0 Å². The zero-order chi connectivity index (χ0) is 14.3. The highest BCUT2D eigenvalue weighted by atomic mass is 32.2. The van der Waals surface area contributed by atoms with Crippen LogP contribution in [-0.4, -0.2) is 78.2 Å². The van der Waals surface area contributed by atoms with Crippen LogP contribution in [0.3, 0.4) is 0 Å². The van der Waals surface area contributed by atoms with Gasteiger partial charge in [-0.05, 0) is 38.4 Å². The fraction of sp³-hybridized carbons (Fsp3) is 0.833. The summed E-state index contributed by atoms with van der Waals surface area (Å²) in [4.78, 5) is 27.0. The third kappa shape index (κ3) is 5.69. The van der Waals surface area contributed by atoms with Crippen LogP contribution in [0.4, 0.5) is 4.79 Å². The van der Waals surface area contributed by atoms with Crippen LogP contribution in [0.5, 0.6) is 0 Å². The highest BCUT2D eigenvalue weighted by Crippen LogP contribution is 2.05. The normalized spacial score (nSPS) is 18.7. The van der Waals surface area contributed by atoms with Crippen molar-refractivity contribution < 1.29 is 14.7 Å². The zero-order valence-corrected chi connectivity index (χ0v) is 12.4. The number of nitrogens with one attached hydrogen (secondary N) is 1. The number of hydrogen-bond acceptors (Lipinski definition) is 4. The van der Waals surface area contributed by atoms with Crippen LogP contribution in [0.15, 0.2) is 0 Å². The molecule has 0 unspecified atom stereocenters. The number of carbonyl (C=O) groups excluding carboxylic acids is 1. The van der Waals surface area contributed by atoms with Crippen LogP contribution in [0.2, 0.25) is 0 Å². The molecule has 110 valence electrons. The monoisotopic (exact) mass is 289 g/mol. The van der Waals surface area contributed by atoms with Crippen molar-refractivity contribution in [3.63, 3.8) is 0 Å². The Balaban J connectivity index is 2.48. The second-order valence-corrected chi connectivity index (χ2v) is 5.75. The van der Waals surface area contributed by atoms with Crippen LogP contribution in [0.1, 0.15) is 12.8 Å². The number of aliphatic carboxylic acids is 1. The Morgan fingerprint density at radius 1 is 1.32 bits per heavy atom. The maximum absolute atomic E-state index is 12.1. The van der Waals surface area contributed by atoms with Crippen molar-refractivity contribution in [3.05, 3.63) is 0 Å². The van der Waals surface area contributed by atoms with Gasteiger partial charge in [0.25, 0.3) is 0 Å². The van der Waals surface area contributed by atoms with Gasteiger partial charge in [-0.25, -0.2) is 9.59 Å². The molecule has 1 aliphatic heterocycles. The van der Waals surface area contributed by atoms with E-state index in [4.69, 9.17) is 5.11 Å². The summed E-state index contributed by atoms with van der Waals surface area (Å²) in [5.41, 5.74) is 0. The summed E-state index contributed by atoms with van der Waals surface area (Å²) in [6.07, 6.45) is 3.30. The summed E-state index contributed by atoms with van der Waals surface area (Å²) in [5.74, 6) is -0.241. The zero-order valence-electron chi connectivity index (χ0n) is 11.6. The predicted octanol–water partition coefficient (Wildman–Crippen LogP) is 0.540. The highest BCUT2D eigenvalue weighted by Gasteiger charge is 2.23. The molecule has 0 saturated carbocycles. The number of rotatable bonds is 5. The van der Waals surface area contributed by atoms with Crippen LogP contribution >= 0.6 is 11.8 Å². The topological polar surface area (TPSA) is 72.9 Å². The van der Waals surface area contributed by atoms with E-state index in [0.717, 1.165) is 25.3 Å². The molecule has 1 atom stereocenters. The Hall–Kier alpha value is -0.950. The Bertz CT molecular complexity index is 315. The van der Waals surface area contributed by atoms with E-state index in [2.05, 4.69) is 10.2 Å². The van der Waals surface area contributed by atoms with Gasteiger partial charge in [0.15, 0.2) is 0 Å². The average molecular weight is 289 g/mol. The molecule has 6 nitrogen and oxygen atoms in total. The Labute approximate surface area is 118 Å². The van der Waals surface area contributed by atoms with Crippen molar-refractivity contribution in [1.29, 1.82) is 0 Å². The lowest BCUT2D eigenvalue weighted by atomic mass is 10.2. The van der Waals surface area contributed by atoms with E-state index < -0.39 is 12.0 Å². The average Bonchev–Trinajstić information content (AvgIpc) is 2.58. The number of nitrogens with zero attached hydrogens (tertiary/aromatic N) is 2. The second kappa shape index (κ2) is 8.27. The summed E-state index contributed by atoms with van der Waals surface area (Å²) in [6, 6.07) is -1.05. The van der Waals surface area contributed by atoms with E-state index in [-0.39, 0.29) is 6.03 Å². The molecule has 1 rings (SSSR count). The molecule has 0 aliphatic carbocycles. The summed E-state index contributed by atoms with van der Waals surface area (Å²) in [5, 5.41) is 11.7. The first-order valence-electron chi connectivity index (χ1n) is 6.50. The number of carboxylic acids is 1. The Morgan fingerprint density at radius 3 is 2.68 bits per heavy atom. The summed E-state index contributed by atoms with van der Waals surface area (Å²) < 4.78 is 0. The minimum atomic E-state index is -0.964. The first-order valence-corrected chi connectivity index (χ1v) is 7.89. The number of carbonyl (C=O) groups is 2. The molecule has 7 heteroatoms. The molecule has 1 heterocycles. The van der Waals surface area contributed by atoms with E-state index in [1.807, 2.05) is 13.3 Å². The van der Waals surface area contributed by atoms with Crippen molar-refractivity contribution in [2.45, 2.75) is 18.9 Å². The number of urea groups is 1. The van der Waals surface area contributed by atoms with E-state index in [1.54, 1.807) is 16.7 Å². The molecule has 0 aromatic carbocycles. The minimum Gasteiger partial charge on any atom is -0.480 e. The van der Waals surface area contributed by atoms with Gasteiger partial charge in [-0.1, -0.05) is 0 Å². The Kier molecular flexibility index (Phi) is 7.01. The van der Waals surface area contributed by atoms with E-state index in [0.29, 0.717) is 19.5 Å². The molecular formula is C12H23N3O3S. The van der Waals surface area contributed by atoms with E-state index in [9.17, 15) is 9.59 Å². The highest BCUT2D eigenvalue weighted by molar-refractivity contribution is 7.98. The van der Waals surface area contributed by atoms with Gasteiger partial charge in [0, 0.05) is 19.6 Å². The van der Waals surface area contributed by atoms with E-state index >= 15 is 0 Å². The third-order valence-corrected chi connectivity index (χ3v) is 3.86. The lowest BCUT2D eigenvalue weighted by Crippen LogP contribution is -2.49. The smallest absolute Gasteiger partial charge is 0.326 e. The fourth-order valence-corrected chi connectivity index (χ4v) is 2.45. The van der Waals surface area contributed by atoms with Crippen LogP contribution < -0.4 is 5.32 Å². The van der Waals surface area contributed by atoms with Gasteiger partial charge in [0.05, 0.1) is 0 Å². The van der Waals surface area contributed by atoms with Crippen molar-refractivity contribution >= 4 is 23.8 Å². The number of hydrogen-bond donors (Lipinski definition) is 2. The summed E-state index contributed by atoms with van der Waals surface area (Å²) >= 11 is 1.58. The maximum atomic E-state index is 12.1. The minimum absolute atomic E-state index is 0.260. The second-order valence-electron chi connectivity index (χ2n) is 4.77. The van der Waals surface area contributed by atoms with Gasteiger partial charge in [-0.15, -0.1) is 0 Å². The SMILES string of the molecule is CSCC[C@H](NC(=O)N1CCCN(C)CC1)C(=O)O. The molecule has 2 amide bonds. The molecule has 19 heavy (non-hydrogen) atoms. The quantitative estimate of drug-likeness (QED) is 0.773. The predicted molar refractivity (Wildman–Crippen MR) is 76.6 cm³/mol. The molecular weight excluding hydrogens is 266 g/mol. The number of carboxylic acid groups (broad SMARTS) is 1. The van der Waals surface area contributed by atoms with Gasteiger partial charge < -0.3 is 20.2 Å². The Morgan fingerprint density at radius 2 is 2.05 bits per heavy atom. The van der Waals surface area contributed by atoms with Crippen LogP contribution in [0.25, 0.3) is 0 Å². The largest absolute Gasteiger partial charge is 0.480 e. The van der Waals surface area contributed by atoms with Gasteiger partial charge in [0.2, 0.25) is 0 Å². The summed E-state index contributed by atoms with van der Waals surface area (Å²) in [6.45, 7) is 3.14. The molecule has 0 radical (unpaired) electrons. The maximum Gasteiger partial charge on any atom is 0.326 e. The first-order chi connectivity index (χ1) is 9.04. The molecule has 0 aromatic rings. The first kappa shape index (κ1) is 16.1. The van der Waals surface area contributed by atoms with Gasteiger partial charge >= 0.3 is 12.0 Å². The van der Waals surface area contributed by atoms with Crippen molar-refractivity contribution in [3.8, 4) is 0 Å². The molecule has 2 N–H and O–H groups in total. The molecule has 0 bridgehead atoms.